The fourth-order valence-corrected chi connectivity index (χ4v) is 4.23. The normalized spacial score (nSPS) is 19.1. The average molecular weight is 422 g/mol. The highest BCUT2D eigenvalue weighted by Crippen LogP contribution is 2.21. The molecule has 0 atom stereocenters. The lowest BCUT2D eigenvalue weighted by Gasteiger charge is -2.35. The van der Waals surface area contributed by atoms with Crippen molar-refractivity contribution < 1.29 is 18.8 Å². The van der Waals surface area contributed by atoms with E-state index in [1.807, 2.05) is 22.1 Å². The number of rotatable bonds is 10. The van der Waals surface area contributed by atoms with Crippen LogP contribution >= 0.6 is 0 Å². The number of ether oxygens (including phenoxy) is 1. The molecule has 2 saturated heterocycles. The number of benzene rings is 1. The van der Waals surface area contributed by atoms with E-state index in [0.29, 0.717) is 38.6 Å². The van der Waals surface area contributed by atoms with Crippen LogP contribution in [0.3, 0.4) is 0 Å². The molecule has 2 heterocycles. The van der Waals surface area contributed by atoms with Crippen LogP contribution in [0.15, 0.2) is 24.3 Å². The van der Waals surface area contributed by atoms with Crippen LogP contribution in [0.1, 0.15) is 37.7 Å². The van der Waals surface area contributed by atoms with Crippen molar-refractivity contribution in [2.24, 2.45) is 5.92 Å². The first-order valence-electron chi connectivity index (χ1n) is 11.3. The number of nitrogens with zero attached hydrogens (tertiary/aromatic N) is 3. The highest BCUT2D eigenvalue weighted by Gasteiger charge is 2.24. The Balaban J connectivity index is 1.44. The minimum absolute atomic E-state index is 0.131. The highest BCUT2D eigenvalue weighted by atomic mass is 19.1. The molecule has 1 aromatic rings. The number of halogens is 1. The largest absolute Gasteiger partial charge is 0.383 e. The smallest absolute Gasteiger partial charge is 0.224 e. The number of piperidine rings is 1. The second-order valence-corrected chi connectivity index (χ2v) is 8.36. The first-order chi connectivity index (χ1) is 14.7. The molecule has 0 radical (unpaired) electrons. The van der Waals surface area contributed by atoms with Crippen molar-refractivity contribution in [2.45, 2.75) is 38.6 Å². The number of hydrogen-bond donors (Lipinski definition) is 0. The van der Waals surface area contributed by atoms with Crippen molar-refractivity contribution in [1.29, 1.82) is 0 Å². The van der Waals surface area contributed by atoms with Gasteiger partial charge in [-0.2, -0.15) is 5.06 Å². The Hall–Kier alpha value is -1.54. The van der Waals surface area contributed by atoms with E-state index in [9.17, 15) is 9.18 Å². The minimum atomic E-state index is -0.131. The summed E-state index contributed by atoms with van der Waals surface area (Å²) in [6, 6.07) is 7.00. The Kier molecular flexibility index (Phi) is 9.52. The van der Waals surface area contributed by atoms with Gasteiger partial charge in [0.25, 0.3) is 0 Å². The van der Waals surface area contributed by atoms with Gasteiger partial charge in [0.2, 0.25) is 5.91 Å². The Labute approximate surface area is 179 Å². The number of hydroxylamine groups is 2. The molecule has 0 aliphatic carbocycles. The molecule has 7 heteroatoms. The van der Waals surface area contributed by atoms with Gasteiger partial charge in [-0.15, -0.1) is 0 Å². The molecule has 0 aromatic heterocycles. The van der Waals surface area contributed by atoms with E-state index in [1.165, 1.54) is 6.07 Å². The summed E-state index contributed by atoms with van der Waals surface area (Å²) in [7, 11) is 1.67. The van der Waals surface area contributed by atoms with Crippen LogP contribution in [0.4, 0.5) is 4.39 Å². The summed E-state index contributed by atoms with van der Waals surface area (Å²) in [4.78, 5) is 22.7. The summed E-state index contributed by atoms with van der Waals surface area (Å²) in [5.74, 6) is 0.526. The Bertz CT molecular complexity index is 646. The zero-order valence-electron chi connectivity index (χ0n) is 18.2. The maximum absolute atomic E-state index is 13.9. The molecular formula is C23H36FN3O3. The fourth-order valence-electron chi connectivity index (χ4n) is 4.23. The van der Waals surface area contributed by atoms with Gasteiger partial charge < -0.3 is 9.64 Å². The van der Waals surface area contributed by atoms with Gasteiger partial charge in [-0.05, 0) is 50.8 Å². The van der Waals surface area contributed by atoms with E-state index < -0.39 is 0 Å². The quantitative estimate of drug-likeness (QED) is 0.581. The van der Waals surface area contributed by atoms with E-state index in [4.69, 9.17) is 9.57 Å². The second kappa shape index (κ2) is 12.3. The number of likely N-dealkylation sites (tertiary alicyclic amines) is 1. The highest BCUT2D eigenvalue weighted by molar-refractivity contribution is 5.76. The molecule has 6 nitrogen and oxygen atoms in total. The Morgan fingerprint density at radius 2 is 2.03 bits per heavy atom. The minimum Gasteiger partial charge on any atom is -0.383 e. The maximum Gasteiger partial charge on any atom is 0.224 e. The van der Waals surface area contributed by atoms with Gasteiger partial charge in [-0.1, -0.05) is 18.2 Å². The van der Waals surface area contributed by atoms with Gasteiger partial charge in [-0.25, -0.2) is 4.39 Å². The van der Waals surface area contributed by atoms with E-state index in [0.717, 1.165) is 64.0 Å². The summed E-state index contributed by atoms with van der Waals surface area (Å²) in [5.41, 5.74) is 0.757. The van der Waals surface area contributed by atoms with Crippen molar-refractivity contribution in [1.82, 2.24) is 14.9 Å². The van der Waals surface area contributed by atoms with Crippen LogP contribution < -0.4 is 0 Å². The SMILES string of the molecule is COCCN(CC1CCN(Cc2ccccc2F)CC1)C(=O)CCN1CCCCO1. The molecule has 3 rings (SSSR count). The van der Waals surface area contributed by atoms with Gasteiger partial charge in [0.15, 0.2) is 0 Å². The number of amides is 1. The van der Waals surface area contributed by atoms with Crippen molar-refractivity contribution in [2.75, 3.05) is 59.6 Å². The molecule has 0 unspecified atom stereocenters. The predicted molar refractivity (Wildman–Crippen MR) is 114 cm³/mol. The van der Waals surface area contributed by atoms with Crippen LogP contribution in [0, 0.1) is 11.7 Å². The van der Waals surface area contributed by atoms with Gasteiger partial charge in [0.1, 0.15) is 5.82 Å². The standard InChI is InChI=1S/C23H36FN3O3/c1-29-17-15-26(23(28)10-14-27-11-4-5-16-30-27)18-20-8-12-25(13-9-20)19-21-6-2-3-7-22(21)24/h2-3,6-7,20H,4-5,8-19H2,1H3. The summed E-state index contributed by atoms with van der Waals surface area (Å²) in [6.45, 7) is 6.81. The maximum atomic E-state index is 13.9. The molecule has 0 bridgehead atoms. The van der Waals surface area contributed by atoms with E-state index in [2.05, 4.69) is 4.90 Å². The number of methoxy groups -OCH3 is 1. The Morgan fingerprint density at radius 1 is 1.23 bits per heavy atom. The molecule has 2 aliphatic rings. The summed E-state index contributed by atoms with van der Waals surface area (Å²) >= 11 is 0. The third-order valence-corrected chi connectivity index (χ3v) is 6.11. The molecular weight excluding hydrogens is 385 g/mol. The molecule has 2 fully saturated rings. The van der Waals surface area contributed by atoms with Gasteiger partial charge in [0, 0.05) is 51.8 Å². The molecule has 0 spiro atoms. The molecule has 30 heavy (non-hydrogen) atoms. The Morgan fingerprint density at radius 3 is 2.73 bits per heavy atom. The molecule has 0 N–H and O–H groups in total. The molecule has 1 amide bonds. The summed E-state index contributed by atoms with van der Waals surface area (Å²) in [5, 5.41) is 1.93. The van der Waals surface area contributed by atoms with Crippen LogP contribution in [0.25, 0.3) is 0 Å². The molecule has 168 valence electrons. The lowest BCUT2D eigenvalue weighted by Crippen LogP contribution is -2.43. The zero-order valence-corrected chi connectivity index (χ0v) is 18.2. The fraction of sp³-hybridized carbons (Fsp3) is 0.696. The van der Waals surface area contributed by atoms with Crippen LogP contribution in [0.5, 0.6) is 0 Å². The van der Waals surface area contributed by atoms with Crippen molar-refractivity contribution in [3.8, 4) is 0 Å². The van der Waals surface area contributed by atoms with Crippen LogP contribution in [-0.4, -0.2) is 80.4 Å². The second-order valence-electron chi connectivity index (χ2n) is 8.36. The number of carbonyl (C=O) groups is 1. The van der Waals surface area contributed by atoms with E-state index >= 15 is 0 Å². The van der Waals surface area contributed by atoms with Gasteiger partial charge in [0.05, 0.1) is 13.2 Å². The third-order valence-electron chi connectivity index (χ3n) is 6.11. The molecule has 1 aromatic carbocycles. The van der Waals surface area contributed by atoms with E-state index in [-0.39, 0.29) is 11.7 Å². The van der Waals surface area contributed by atoms with Crippen molar-refractivity contribution >= 4 is 5.91 Å². The van der Waals surface area contributed by atoms with Gasteiger partial charge in [-0.3, -0.25) is 14.5 Å². The molecule has 0 saturated carbocycles. The van der Waals surface area contributed by atoms with Crippen LogP contribution in [-0.2, 0) is 20.9 Å². The zero-order chi connectivity index (χ0) is 21.2. The topological polar surface area (TPSA) is 45.2 Å². The lowest BCUT2D eigenvalue weighted by atomic mass is 9.95. The van der Waals surface area contributed by atoms with Crippen molar-refractivity contribution in [3.63, 3.8) is 0 Å². The summed E-state index contributed by atoms with van der Waals surface area (Å²) < 4.78 is 19.1. The molecule has 2 aliphatic heterocycles. The van der Waals surface area contributed by atoms with Crippen molar-refractivity contribution in [3.05, 3.63) is 35.6 Å². The van der Waals surface area contributed by atoms with E-state index in [1.54, 1.807) is 13.2 Å². The monoisotopic (exact) mass is 421 g/mol. The number of carbonyl (C=O) groups excluding carboxylic acids is 1. The third kappa shape index (κ3) is 7.30. The lowest BCUT2D eigenvalue weighted by molar-refractivity contribution is -0.182. The first kappa shape index (κ1) is 23.1. The van der Waals surface area contributed by atoms with Gasteiger partial charge >= 0.3 is 0 Å². The number of hydrogen-bond acceptors (Lipinski definition) is 5. The first-order valence-corrected chi connectivity index (χ1v) is 11.3. The van der Waals surface area contributed by atoms with Crippen LogP contribution in [0.2, 0.25) is 0 Å². The summed E-state index contributed by atoms with van der Waals surface area (Å²) in [6.07, 6.45) is 4.77. The predicted octanol–water partition coefficient (Wildman–Crippen LogP) is 2.93. The average Bonchev–Trinajstić information content (AvgIpc) is 2.78.